The summed E-state index contributed by atoms with van der Waals surface area (Å²) in [6.07, 6.45) is 2.35. The first-order valence-corrected chi connectivity index (χ1v) is 18.3. The van der Waals surface area contributed by atoms with E-state index in [2.05, 4.69) is 115 Å². The molecule has 8 rings (SSSR count). The Kier molecular flexibility index (Phi) is 4.83. The molecule has 4 heteroatoms. The Balaban J connectivity index is 1.45. The predicted octanol–water partition coefficient (Wildman–Crippen LogP) is 3.96. The first-order valence-electron chi connectivity index (χ1n) is 14.1. The molecule has 4 heterocycles. The van der Waals surface area contributed by atoms with E-state index >= 15 is 0 Å². The van der Waals surface area contributed by atoms with Gasteiger partial charge in [0.05, 0.1) is 0 Å². The van der Waals surface area contributed by atoms with Crippen LogP contribution in [0.3, 0.4) is 0 Å². The van der Waals surface area contributed by atoms with Crippen LogP contribution < -0.4 is 22.5 Å². The molecule has 1 fully saturated rings. The second kappa shape index (κ2) is 8.10. The van der Waals surface area contributed by atoms with Gasteiger partial charge in [-0.1, -0.05) is 0 Å². The van der Waals surface area contributed by atoms with E-state index in [0.29, 0.717) is 0 Å². The third-order valence-corrected chi connectivity index (χ3v) is 19.9. The van der Waals surface area contributed by atoms with E-state index in [0.717, 1.165) is 26.2 Å². The van der Waals surface area contributed by atoms with Crippen LogP contribution >= 0.6 is 0 Å². The van der Waals surface area contributed by atoms with E-state index in [1.54, 1.807) is 17.6 Å². The molecule has 0 aliphatic carbocycles. The molecule has 0 atom stereocenters. The maximum atomic E-state index is 5.02. The number of guanidine groups is 1. The Morgan fingerprint density at radius 2 is 1.29 bits per heavy atom. The predicted molar refractivity (Wildman–Crippen MR) is 162 cm³/mol. The van der Waals surface area contributed by atoms with Crippen LogP contribution in [0, 0.1) is 0 Å². The van der Waals surface area contributed by atoms with Crippen molar-refractivity contribution in [3.05, 3.63) is 102 Å². The summed E-state index contributed by atoms with van der Waals surface area (Å²) in [5.74, 6) is 1.19. The zero-order valence-electron chi connectivity index (χ0n) is 22.2. The van der Waals surface area contributed by atoms with Crippen molar-refractivity contribution in [1.29, 1.82) is 0 Å². The van der Waals surface area contributed by atoms with Crippen molar-refractivity contribution in [3.63, 3.8) is 0 Å². The molecular formula is C34H33GeN3. The first-order chi connectivity index (χ1) is 18.6. The van der Waals surface area contributed by atoms with E-state index in [-0.39, 0.29) is 5.41 Å². The van der Waals surface area contributed by atoms with Gasteiger partial charge in [-0.2, -0.15) is 0 Å². The average molecular weight is 556 g/mol. The van der Waals surface area contributed by atoms with Crippen molar-refractivity contribution < 1.29 is 0 Å². The van der Waals surface area contributed by atoms with Gasteiger partial charge in [0, 0.05) is 0 Å². The molecule has 0 N–H and O–H groups in total. The molecule has 0 unspecified atom stereocenters. The molecule has 38 heavy (non-hydrogen) atoms. The van der Waals surface area contributed by atoms with Crippen LogP contribution in [0.4, 0.5) is 5.69 Å². The summed E-state index contributed by atoms with van der Waals surface area (Å²) in [6.45, 7) is 9.08. The number of rotatable bonds is 1. The Bertz CT molecular complexity index is 1590. The number of aliphatic imine (C=N–C) groups is 1. The Labute approximate surface area is 228 Å². The van der Waals surface area contributed by atoms with Gasteiger partial charge in [0.15, 0.2) is 0 Å². The van der Waals surface area contributed by atoms with Crippen molar-refractivity contribution in [2.24, 2.45) is 4.99 Å². The number of anilines is 1. The summed E-state index contributed by atoms with van der Waals surface area (Å²) in [6, 6.07) is 35.5. The standard InChI is InChI=1S/C34H33GeN3/c1-34(2)27-12-4-7-15-30(27)35(31-16-8-5-13-28(31)34)29-14-6-3-11-25(29)26-18-17-24(23-32(26)35)38-22-10-21-37-20-9-19-36-33(37)38/h3-8,11-18,23H,9-10,19-22H2,1-2H3. The normalized spacial score (nSPS) is 19.7. The number of nitrogens with zero attached hydrogens (tertiary/aromatic N) is 3. The fraction of sp³-hybridized carbons (Fsp3) is 0.265. The van der Waals surface area contributed by atoms with Crippen LogP contribution in [0.25, 0.3) is 11.1 Å². The molecule has 4 aliphatic heterocycles. The van der Waals surface area contributed by atoms with Crippen molar-refractivity contribution >= 4 is 42.5 Å². The zero-order chi connectivity index (χ0) is 25.5. The van der Waals surface area contributed by atoms with E-state index in [1.165, 1.54) is 46.7 Å². The number of hydrogen-bond donors (Lipinski definition) is 0. The molecule has 0 saturated carbocycles. The van der Waals surface area contributed by atoms with Crippen molar-refractivity contribution in [2.45, 2.75) is 32.1 Å². The zero-order valence-corrected chi connectivity index (χ0v) is 24.3. The molecule has 1 spiro atoms. The fourth-order valence-corrected chi connectivity index (χ4v) is 20.5. The Hall–Kier alpha value is -3.31. The molecule has 1 saturated heterocycles. The molecule has 4 aromatic carbocycles. The molecule has 4 aromatic rings. The van der Waals surface area contributed by atoms with Crippen LogP contribution in [0.2, 0.25) is 0 Å². The number of hydrogen-bond acceptors (Lipinski definition) is 3. The summed E-state index contributed by atoms with van der Waals surface area (Å²) in [5.41, 5.74) is 7.18. The molecule has 0 bridgehead atoms. The van der Waals surface area contributed by atoms with Crippen LogP contribution in [0.1, 0.15) is 37.8 Å². The SMILES string of the molecule is CC1(C)c2cccc[c]2[Ge]2([c]3ccccc3-c3ccc(N4CCCN5CCCN=C54)c[c]32)[c]2ccccc21. The summed E-state index contributed by atoms with van der Waals surface area (Å²) in [7, 11) is 0. The van der Waals surface area contributed by atoms with E-state index in [4.69, 9.17) is 4.99 Å². The average Bonchev–Trinajstić information content (AvgIpc) is 3.26. The van der Waals surface area contributed by atoms with Gasteiger partial charge in [0.1, 0.15) is 0 Å². The summed E-state index contributed by atoms with van der Waals surface area (Å²) < 4.78 is 6.39. The summed E-state index contributed by atoms with van der Waals surface area (Å²) in [4.78, 5) is 10.0. The third kappa shape index (κ3) is 2.83. The van der Waals surface area contributed by atoms with Crippen LogP contribution in [-0.2, 0) is 5.41 Å². The summed E-state index contributed by atoms with van der Waals surface area (Å²) in [5, 5.41) is 0. The van der Waals surface area contributed by atoms with Gasteiger partial charge in [0.25, 0.3) is 0 Å². The minimum absolute atomic E-state index is 0.0246. The Morgan fingerprint density at radius 1 is 0.658 bits per heavy atom. The van der Waals surface area contributed by atoms with Gasteiger partial charge in [-0.3, -0.25) is 0 Å². The minimum atomic E-state index is -3.27. The number of benzene rings is 4. The molecule has 4 aliphatic rings. The van der Waals surface area contributed by atoms with Gasteiger partial charge >= 0.3 is 229 Å². The van der Waals surface area contributed by atoms with Gasteiger partial charge in [0.2, 0.25) is 0 Å². The Morgan fingerprint density at radius 3 is 2.05 bits per heavy atom. The molecule has 0 radical (unpaired) electrons. The van der Waals surface area contributed by atoms with Crippen molar-refractivity contribution in [1.82, 2.24) is 4.90 Å². The van der Waals surface area contributed by atoms with E-state index in [9.17, 15) is 0 Å². The monoisotopic (exact) mass is 557 g/mol. The molecule has 3 nitrogen and oxygen atoms in total. The quantitative estimate of drug-likeness (QED) is 0.292. The molecule has 0 amide bonds. The van der Waals surface area contributed by atoms with E-state index in [1.807, 2.05) is 0 Å². The maximum absolute atomic E-state index is 5.02. The van der Waals surface area contributed by atoms with Crippen LogP contribution in [-0.4, -0.2) is 50.3 Å². The second-order valence-corrected chi connectivity index (χ2v) is 19.4. The van der Waals surface area contributed by atoms with Gasteiger partial charge in [-0.25, -0.2) is 0 Å². The second-order valence-electron chi connectivity index (χ2n) is 11.8. The van der Waals surface area contributed by atoms with E-state index < -0.39 is 13.3 Å². The molecule has 188 valence electrons. The fourth-order valence-electron chi connectivity index (χ4n) is 7.89. The molecule has 0 aromatic heterocycles. The van der Waals surface area contributed by atoms with Crippen molar-refractivity contribution in [2.75, 3.05) is 31.1 Å². The van der Waals surface area contributed by atoms with Crippen molar-refractivity contribution in [3.8, 4) is 11.1 Å². The third-order valence-electron chi connectivity index (χ3n) is 9.52. The van der Waals surface area contributed by atoms with Gasteiger partial charge < -0.3 is 0 Å². The molecular weight excluding hydrogens is 523 g/mol. The first kappa shape index (κ1) is 22.7. The van der Waals surface area contributed by atoms with Crippen LogP contribution in [0.15, 0.2) is 96.0 Å². The van der Waals surface area contributed by atoms with Gasteiger partial charge in [-0.05, 0) is 0 Å². The topological polar surface area (TPSA) is 18.8 Å². The van der Waals surface area contributed by atoms with Crippen LogP contribution in [0.5, 0.6) is 0 Å². The van der Waals surface area contributed by atoms with Gasteiger partial charge in [-0.15, -0.1) is 0 Å². The number of fused-ring (bicyclic) bond motifs is 10. The summed E-state index contributed by atoms with van der Waals surface area (Å²) >= 11 is -3.27.